The molecule has 86 valence electrons. The summed E-state index contributed by atoms with van der Waals surface area (Å²) in [5.74, 6) is 2.32. The van der Waals surface area contributed by atoms with Gasteiger partial charge in [-0.15, -0.1) is 0 Å². The fourth-order valence-corrected chi connectivity index (χ4v) is 3.16. The summed E-state index contributed by atoms with van der Waals surface area (Å²) in [7, 11) is 0. The van der Waals surface area contributed by atoms with E-state index in [4.69, 9.17) is 0 Å². The highest BCUT2D eigenvalue weighted by Gasteiger charge is 2.19. The van der Waals surface area contributed by atoms with Gasteiger partial charge in [0.05, 0.1) is 0 Å². The minimum atomic E-state index is 0.191. The first-order valence-corrected chi connectivity index (χ1v) is 7.55. The van der Waals surface area contributed by atoms with E-state index in [1.54, 1.807) is 0 Å². The maximum Gasteiger partial charge on any atom is 0.254 e. The van der Waals surface area contributed by atoms with Gasteiger partial charge in [-0.05, 0) is 47.2 Å². The van der Waals surface area contributed by atoms with Crippen molar-refractivity contribution in [3.8, 4) is 0 Å². The van der Waals surface area contributed by atoms with Crippen molar-refractivity contribution in [3.05, 3.63) is 32.9 Å². The van der Waals surface area contributed by atoms with E-state index in [0.717, 1.165) is 39.3 Å². The molecule has 2 rings (SSSR count). The normalized spacial score (nSPS) is 16.2. The highest BCUT2D eigenvalue weighted by Crippen LogP contribution is 2.17. The van der Waals surface area contributed by atoms with Gasteiger partial charge >= 0.3 is 0 Å². The molecule has 0 radical (unpaired) electrons. The van der Waals surface area contributed by atoms with Crippen molar-refractivity contribution in [1.82, 2.24) is 4.90 Å². The lowest BCUT2D eigenvalue weighted by atomic mass is 10.1. The zero-order valence-electron chi connectivity index (χ0n) is 9.20. The molecule has 1 aliphatic heterocycles. The molecular weight excluding hydrogens is 333 g/mol. The van der Waals surface area contributed by atoms with Crippen LogP contribution in [0.25, 0.3) is 0 Å². The second-order valence-electron chi connectivity index (χ2n) is 3.86. The molecule has 0 bridgehead atoms. The average Bonchev–Trinajstić information content (AvgIpc) is 2.32. The lowest BCUT2D eigenvalue weighted by Crippen LogP contribution is -2.38. The Hall–Kier alpha value is -0.230. The highest BCUT2D eigenvalue weighted by molar-refractivity contribution is 14.1. The summed E-state index contributed by atoms with van der Waals surface area (Å²) in [5, 5.41) is 0. The third kappa shape index (κ3) is 2.71. The predicted molar refractivity (Wildman–Crippen MR) is 77.1 cm³/mol. The Balaban J connectivity index is 2.22. The van der Waals surface area contributed by atoms with Crippen LogP contribution in [0.4, 0.5) is 0 Å². The molecule has 16 heavy (non-hydrogen) atoms. The number of amides is 1. The van der Waals surface area contributed by atoms with Crippen LogP contribution < -0.4 is 0 Å². The molecule has 0 atom stereocenters. The van der Waals surface area contributed by atoms with Gasteiger partial charge in [-0.1, -0.05) is 6.07 Å². The molecule has 0 N–H and O–H groups in total. The van der Waals surface area contributed by atoms with Crippen molar-refractivity contribution in [2.24, 2.45) is 0 Å². The largest absolute Gasteiger partial charge is 0.337 e. The summed E-state index contributed by atoms with van der Waals surface area (Å²) < 4.78 is 1.12. The van der Waals surface area contributed by atoms with Gasteiger partial charge in [0.25, 0.3) is 5.91 Å². The Morgan fingerprint density at radius 1 is 1.38 bits per heavy atom. The molecule has 0 saturated carbocycles. The van der Waals surface area contributed by atoms with Crippen molar-refractivity contribution in [1.29, 1.82) is 0 Å². The quantitative estimate of drug-likeness (QED) is 0.729. The van der Waals surface area contributed by atoms with E-state index in [1.807, 2.05) is 41.8 Å². The summed E-state index contributed by atoms with van der Waals surface area (Å²) in [6, 6.07) is 6.05. The molecule has 0 aliphatic carbocycles. The number of hydrogen-bond donors (Lipinski definition) is 0. The summed E-state index contributed by atoms with van der Waals surface area (Å²) >= 11 is 4.17. The van der Waals surface area contributed by atoms with Gasteiger partial charge in [0.2, 0.25) is 0 Å². The van der Waals surface area contributed by atoms with Crippen molar-refractivity contribution in [2.45, 2.75) is 6.92 Å². The maximum atomic E-state index is 12.3. The number of thioether (sulfide) groups is 1. The lowest BCUT2D eigenvalue weighted by molar-refractivity contribution is 0.0771. The van der Waals surface area contributed by atoms with Crippen LogP contribution in [0.3, 0.4) is 0 Å². The Morgan fingerprint density at radius 2 is 2.06 bits per heavy atom. The number of carbonyl (C=O) groups excluding carboxylic acids is 1. The number of nitrogens with zero attached hydrogens (tertiary/aromatic N) is 1. The number of aryl methyl sites for hydroxylation is 1. The van der Waals surface area contributed by atoms with Crippen molar-refractivity contribution < 1.29 is 4.79 Å². The molecule has 0 spiro atoms. The average molecular weight is 347 g/mol. The molecule has 0 unspecified atom stereocenters. The van der Waals surface area contributed by atoms with Gasteiger partial charge in [0.1, 0.15) is 0 Å². The van der Waals surface area contributed by atoms with Crippen LogP contribution >= 0.6 is 34.4 Å². The van der Waals surface area contributed by atoms with E-state index in [2.05, 4.69) is 22.6 Å². The number of halogens is 1. The number of rotatable bonds is 1. The van der Waals surface area contributed by atoms with Crippen molar-refractivity contribution in [2.75, 3.05) is 24.6 Å². The van der Waals surface area contributed by atoms with Crippen LogP contribution in [0.2, 0.25) is 0 Å². The van der Waals surface area contributed by atoms with E-state index in [0.29, 0.717) is 0 Å². The molecule has 4 heteroatoms. The van der Waals surface area contributed by atoms with Crippen LogP contribution in [0.1, 0.15) is 15.9 Å². The van der Waals surface area contributed by atoms with Crippen LogP contribution in [-0.4, -0.2) is 35.4 Å². The first-order chi connectivity index (χ1) is 7.68. The van der Waals surface area contributed by atoms with Gasteiger partial charge < -0.3 is 4.90 Å². The molecule has 1 aromatic carbocycles. The number of benzene rings is 1. The number of carbonyl (C=O) groups is 1. The Labute approximate surface area is 114 Å². The third-order valence-electron chi connectivity index (χ3n) is 2.73. The standard InChI is InChI=1S/C12H14INOS/c1-9-2-3-10(13)8-11(9)12(15)14-4-6-16-7-5-14/h2-3,8H,4-7H2,1H3. The first-order valence-electron chi connectivity index (χ1n) is 5.31. The van der Waals surface area contributed by atoms with E-state index in [9.17, 15) is 4.79 Å². The van der Waals surface area contributed by atoms with Gasteiger partial charge in [0, 0.05) is 33.7 Å². The van der Waals surface area contributed by atoms with Crippen LogP contribution in [0, 0.1) is 10.5 Å². The van der Waals surface area contributed by atoms with E-state index in [-0.39, 0.29) is 5.91 Å². The molecule has 2 nitrogen and oxygen atoms in total. The minimum Gasteiger partial charge on any atom is -0.337 e. The van der Waals surface area contributed by atoms with Crippen molar-refractivity contribution >= 4 is 40.3 Å². The predicted octanol–water partition coefficient (Wildman–Crippen LogP) is 2.79. The Morgan fingerprint density at radius 3 is 2.75 bits per heavy atom. The zero-order valence-corrected chi connectivity index (χ0v) is 12.2. The van der Waals surface area contributed by atoms with Crippen LogP contribution in [-0.2, 0) is 0 Å². The van der Waals surface area contributed by atoms with Gasteiger partial charge in [-0.2, -0.15) is 11.8 Å². The molecule has 1 fully saturated rings. The molecule has 1 saturated heterocycles. The number of hydrogen-bond acceptors (Lipinski definition) is 2. The summed E-state index contributed by atoms with van der Waals surface area (Å²) in [4.78, 5) is 14.3. The van der Waals surface area contributed by atoms with Crippen LogP contribution in [0.15, 0.2) is 18.2 Å². The summed E-state index contributed by atoms with van der Waals surface area (Å²) in [6.07, 6.45) is 0. The Bertz CT molecular complexity index is 402. The van der Waals surface area contributed by atoms with Crippen molar-refractivity contribution in [3.63, 3.8) is 0 Å². The molecule has 1 aromatic rings. The minimum absolute atomic E-state index is 0.191. The second kappa shape index (κ2) is 5.40. The molecule has 1 aliphatic rings. The summed E-state index contributed by atoms with van der Waals surface area (Å²) in [5.41, 5.74) is 1.93. The first kappa shape index (κ1) is 12.2. The highest BCUT2D eigenvalue weighted by atomic mass is 127. The van der Waals surface area contributed by atoms with Gasteiger partial charge in [-0.25, -0.2) is 0 Å². The molecule has 1 amide bonds. The summed E-state index contributed by atoms with van der Waals surface area (Å²) in [6.45, 7) is 3.77. The van der Waals surface area contributed by atoms with E-state index < -0.39 is 0 Å². The van der Waals surface area contributed by atoms with Gasteiger partial charge in [-0.3, -0.25) is 4.79 Å². The second-order valence-corrected chi connectivity index (χ2v) is 6.33. The fraction of sp³-hybridized carbons (Fsp3) is 0.417. The Kier molecular flexibility index (Phi) is 4.13. The SMILES string of the molecule is Cc1ccc(I)cc1C(=O)N1CCSCC1. The molecular formula is C12H14INOS. The van der Waals surface area contributed by atoms with E-state index in [1.165, 1.54) is 0 Å². The monoisotopic (exact) mass is 347 g/mol. The van der Waals surface area contributed by atoms with E-state index >= 15 is 0 Å². The molecule has 0 aromatic heterocycles. The van der Waals surface area contributed by atoms with Crippen LogP contribution in [0.5, 0.6) is 0 Å². The fourth-order valence-electron chi connectivity index (χ4n) is 1.76. The zero-order chi connectivity index (χ0) is 11.5. The van der Waals surface area contributed by atoms with Gasteiger partial charge in [0.15, 0.2) is 0 Å². The topological polar surface area (TPSA) is 20.3 Å². The molecule has 1 heterocycles. The lowest BCUT2D eigenvalue weighted by Gasteiger charge is -2.27. The third-order valence-corrected chi connectivity index (χ3v) is 4.34. The maximum absolute atomic E-state index is 12.3. The smallest absolute Gasteiger partial charge is 0.254 e.